The maximum absolute atomic E-state index is 13.2. The first-order chi connectivity index (χ1) is 14.5. The van der Waals surface area contributed by atoms with Crippen molar-refractivity contribution in [3.63, 3.8) is 0 Å². The predicted octanol–water partition coefficient (Wildman–Crippen LogP) is 4.07. The second kappa shape index (κ2) is 11.1. The van der Waals surface area contributed by atoms with E-state index in [0.29, 0.717) is 19.6 Å². The third kappa shape index (κ3) is 6.54. The first-order valence-corrected chi connectivity index (χ1v) is 10.6. The molecule has 0 bridgehead atoms. The lowest BCUT2D eigenvalue weighted by atomic mass is 9.89. The predicted molar refractivity (Wildman–Crippen MR) is 117 cm³/mol. The summed E-state index contributed by atoms with van der Waals surface area (Å²) in [4.78, 5) is 16.8. The van der Waals surface area contributed by atoms with Crippen molar-refractivity contribution in [2.75, 3.05) is 40.3 Å². The van der Waals surface area contributed by atoms with Crippen molar-refractivity contribution in [1.82, 2.24) is 15.1 Å². The monoisotopic (exact) mass is 413 g/mol. The molecule has 0 aliphatic carbocycles. The number of ether oxygens (including phenoxy) is 1. The van der Waals surface area contributed by atoms with E-state index >= 15 is 0 Å². The number of hydrogen-bond acceptors (Lipinski definition) is 3. The van der Waals surface area contributed by atoms with E-state index in [0.717, 1.165) is 37.1 Å². The quantitative estimate of drug-likeness (QED) is 0.710. The number of nitrogens with zero attached hydrogens (tertiary/aromatic N) is 2. The molecule has 0 saturated carbocycles. The Morgan fingerprint density at radius 3 is 2.53 bits per heavy atom. The summed E-state index contributed by atoms with van der Waals surface area (Å²) >= 11 is 0. The zero-order valence-electron chi connectivity index (χ0n) is 17.9. The Hall–Kier alpha value is -2.44. The zero-order valence-corrected chi connectivity index (χ0v) is 17.9. The third-order valence-electron chi connectivity index (χ3n) is 5.48. The highest BCUT2D eigenvalue weighted by atomic mass is 19.1. The summed E-state index contributed by atoms with van der Waals surface area (Å²) in [5.41, 5.74) is 2.07. The van der Waals surface area contributed by atoms with E-state index in [1.165, 1.54) is 12.1 Å². The van der Waals surface area contributed by atoms with Crippen LogP contribution in [0.1, 0.15) is 30.1 Å². The van der Waals surface area contributed by atoms with Gasteiger partial charge >= 0.3 is 6.03 Å². The number of nitrogens with one attached hydrogen (secondary N) is 1. The van der Waals surface area contributed by atoms with Crippen LogP contribution in [0.25, 0.3) is 0 Å². The van der Waals surface area contributed by atoms with Crippen LogP contribution in [-0.2, 0) is 11.3 Å². The SMILES string of the molecule is CN(C)CCN(Cc1ccc(F)cc1)C(=O)NC[C@H]1CCCO[C@@H]1c1ccccc1. The Balaban J connectivity index is 1.62. The fourth-order valence-corrected chi connectivity index (χ4v) is 3.78. The first-order valence-electron chi connectivity index (χ1n) is 10.6. The van der Waals surface area contributed by atoms with Crippen LogP contribution < -0.4 is 5.32 Å². The molecule has 2 aromatic carbocycles. The van der Waals surface area contributed by atoms with Crippen LogP contribution in [0.4, 0.5) is 9.18 Å². The Bertz CT molecular complexity index is 783. The molecule has 0 radical (unpaired) electrons. The molecular formula is C24H32FN3O2. The van der Waals surface area contributed by atoms with Crippen molar-refractivity contribution in [3.05, 3.63) is 71.5 Å². The summed E-state index contributed by atoms with van der Waals surface area (Å²) in [5.74, 6) is -0.0288. The molecule has 2 atom stereocenters. The van der Waals surface area contributed by atoms with E-state index in [4.69, 9.17) is 4.74 Å². The number of rotatable bonds is 8. The molecule has 30 heavy (non-hydrogen) atoms. The number of carbonyl (C=O) groups excluding carboxylic acids is 1. The van der Waals surface area contributed by atoms with E-state index in [2.05, 4.69) is 17.4 Å². The van der Waals surface area contributed by atoms with Gasteiger partial charge in [0.25, 0.3) is 0 Å². The lowest BCUT2D eigenvalue weighted by molar-refractivity contribution is -0.0271. The molecule has 1 N–H and O–H groups in total. The summed E-state index contributed by atoms with van der Waals surface area (Å²) in [6.07, 6.45) is 2.03. The van der Waals surface area contributed by atoms with Gasteiger partial charge in [0.1, 0.15) is 5.82 Å². The Labute approximate surface area is 178 Å². The molecular weight excluding hydrogens is 381 g/mol. The summed E-state index contributed by atoms with van der Waals surface area (Å²) in [6, 6.07) is 16.4. The van der Waals surface area contributed by atoms with E-state index in [9.17, 15) is 9.18 Å². The molecule has 0 unspecified atom stereocenters. The fourth-order valence-electron chi connectivity index (χ4n) is 3.78. The molecule has 1 aliphatic rings. The fraction of sp³-hybridized carbons (Fsp3) is 0.458. The number of amides is 2. The number of benzene rings is 2. The molecule has 5 nitrogen and oxygen atoms in total. The van der Waals surface area contributed by atoms with E-state index < -0.39 is 0 Å². The number of carbonyl (C=O) groups is 1. The Kier molecular flexibility index (Phi) is 8.22. The largest absolute Gasteiger partial charge is 0.373 e. The molecule has 1 saturated heterocycles. The molecule has 1 heterocycles. The van der Waals surface area contributed by atoms with Crippen LogP contribution >= 0.6 is 0 Å². The maximum atomic E-state index is 13.2. The minimum absolute atomic E-state index is 0.00701. The van der Waals surface area contributed by atoms with Crippen molar-refractivity contribution < 1.29 is 13.9 Å². The minimum atomic E-state index is -0.271. The lowest BCUT2D eigenvalue weighted by Gasteiger charge is -2.33. The Morgan fingerprint density at radius 2 is 1.83 bits per heavy atom. The molecule has 6 heteroatoms. The van der Waals surface area contributed by atoms with Crippen LogP contribution in [0.15, 0.2) is 54.6 Å². The molecule has 1 fully saturated rings. The maximum Gasteiger partial charge on any atom is 0.317 e. The van der Waals surface area contributed by atoms with Gasteiger partial charge in [0.2, 0.25) is 0 Å². The molecule has 1 aliphatic heterocycles. The summed E-state index contributed by atoms with van der Waals surface area (Å²) in [5, 5.41) is 3.12. The van der Waals surface area contributed by atoms with Crippen LogP contribution in [0, 0.1) is 11.7 Å². The highest BCUT2D eigenvalue weighted by Crippen LogP contribution is 2.33. The Morgan fingerprint density at radius 1 is 1.10 bits per heavy atom. The minimum Gasteiger partial charge on any atom is -0.373 e. The van der Waals surface area contributed by atoms with Crippen molar-refractivity contribution >= 4 is 6.03 Å². The van der Waals surface area contributed by atoms with Crippen LogP contribution in [0.2, 0.25) is 0 Å². The number of hydrogen-bond donors (Lipinski definition) is 1. The van der Waals surface area contributed by atoms with E-state index in [-0.39, 0.29) is 23.9 Å². The van der Waals surface area contributed by atoms with Gasteiger partial charge in [-0.15, -0.1) is 0 Å². The van der Waals surface area contributed by atoms with Gasteiger partial charge in [-0.1, -0.05) is 42.5 Å². The van der Waals surface area contributed by atoms with E-state index in [1.54, 1.807) is 17.0 Å². The summed E-state index contributed by atoms with van der Waals surface area (Å²) in [7, 11) is 3.97. The molecule has 3 rings (SSSR count). The van der Waals surface area contributed by atoms with Gasteiger partial charge in [-0.2, -0.15) is 0 Å². The third-order valence-corrected chi connectivity index (χ3v) is 5.48. The second-order valence-corrected chi connectivity index (χ2v) is 8.14. The summed E-state index contributed by atoms with van der Waals surface area (Å²) < 4.78 is 19.3. The highest BCUT2D eigenvalue weighted by Gasteiger charge is 2.28. The van der Waals surface area contributed by atoms with Crippen LogP contribution in [0.5, 0.6) is 0 Å². The van der Waals surface area contributed by atoms with Crippen molar-refractivity contribution in [3.8, 4) is 0 Å². The zero-order chi connectivity index (χ0) is 21.3. The smallest absolute Gasteiger partial charge is 0.317 e. The van der Waals surface area contributed by atoms with Crippen molar-refractivity contribution in [2.24, 2.45) is 5.92 Å². The standard InChI is InChI=1S/C24H32FN3O2/c1-27(2)14-15-28(18-19-10-12-22(25)13-11-19)24(29)26-17-21-9-6-16-30-23(21)20-7-4-3-5-8-20/h3-5,7-8,10-13,21,23H,6,9,14-18H2,1-2H3,(H,26,29)/t21-,23-/m1/s1. The molecule has 162 valence electrons. The van der Waals surface area contributed by atoms with Gasteiger partial charge in [-0.25, -0.2) is 9.18 Å². The first kappa shape index (κ1) is 22.2. The normalized spacial score (nSPS) is 18.9. The average molecular weight is 414 g/mol. The van der Waals surface area contributed by atoms with Gasteiger partial charge in [0.05, 0.1) is 6.10 Å². The highest BCUT2D eigenvalue weighted by molar-refractivity contribution is 5.74. The number of halogens is 1. The number of urea groups is 1. The lowest BCUT2D eigenvalue weighted by Crippen LogP contribution is -2.45. The van der Waals surface area contributed by atoms with Gasteiger partial charge in [0.15, 0.2) is 0 Å². The van der Waals surface area contributed by atoms with Crippen LogP contribution in [-0.4, -0.2) is 56.2 Å². The van der Waals surface area contributed by atoms with E-state index in [1.807, 2.05) is 37.2 Å². The molecule has 0 spiro atoms. The van der Waals surface area contributed by atoms with Gasteiger partial charge in [-0.3, -0.25) is 0 Å². The average Bonchev–Trinajstić information content (AvgIpc) is 2.77. The molecule has 2 aromatic rings. The number of likely N-dealkylation sites (N-methyl/N-ethyl adjacent to an activating group) is 1. The molecule has 2 amide bonds. The van der Waals surface area contributed by atoms with Crippen LogP contribution in [0.3, 0.4) is 0 Å². The summed E-state index contributed by atoms with van der Waals surface area (Å²) in [6.45, 7) is 3.13. The second-order valence-electron chi connectivity index (χ2n) is 8.14. The molecule has 0 aromatic heterocycles. The van der Waals surface area contributed by atoms with Crippen molar-refractivity contribution in [2.45, 2.75) is 25.5 Å². The van der Waals surface area contributed by atoms with Gasteiger partial charge in [0, 0.05) is 38.7 Å². The van der Waals surface area contributed by atoms with Crippen molar-refractivity contribution in [1.29, 1.82) is 0 Å². The van der Waals surface area contributed by atoms with Gasteiger partial charge in [-0.05, 0) is 50.2 Å². The topological polar surface area (TPSA) is 44.8 Å². The van der Waals surface area contributed by atoms with Gasteiger partial charge < -0.3 is 19.9 Å².